The van der Waals surface area contributed by atoms with E-state index in [1.165, 1.54) is 6.07 Å². The zero-order chi connectivity index (χ0) is 22.1. The van der Waals surface area contributed by atoms with Gasteiger partial charge in [0.25, 0.3) is 19.7 Å². The van der Waals surface area contributed by atoms with Crippen molar-refractivity contribution in [3.05, 3.63) is 23.8 Å². The standard InChI is InChI=1S/C14H17F6NO5S2/c1-3-21(4-2)10-6-5-9(11(22)8-10)7-12(27(23,24)13(15,16)17)28(25,26)14(18,19)20/h5-6,8,12,22H,3-4,7H2,1-2H3. The Kier molecular flexibility index (Phi) is 6.93. The first-order valence-electron chi connectivity index (χ1n) is 7.67. The Labute approximate surface area is 157 Å². The van der Waals surface area contributed by atoms with Crippen LogP contribution < -0.4 is 4.90 Å². The van der Waals surface area contributed by atoms with Crippen LogP contribution in [0.5, 0.6) is 5.75 Å². The summed E-state index contributed by atoms with van der Waals surface area (Å²) in [5.74, 6) is -0.829. The first-order valence-corrected chi connectivity index (χ1v) is 10.8. The van der Waals surface area contributed by atoms with Crippen LogP contribution in [0, 0.1) is 0 Å². The number of hydrogen-bond acceptors (Lipinski definition) is 6. The zero-order valence-electron chi connectivity index (χ0n) is 14.5. The Morgan fingerprint density at radius 2 is 1.36 bits per heavy atom. The Morgan fingerprint density at radius 3 is 1.68 bits per heavy atom. The third-order valence-electron chi connectivity index (χ3n) is 3.92. The van der Waals surface area contributed by atoms with Gasteiger partial charge >= 0.3 is 11.0 Å². The summed E-state index contributed by atoms with van der Waals surface area (Å²) >= 11 is 0. The smallest absolute Gasteiger partial charge is 0.498 e. The minimum atomic E-state index is -6.76. The molecule has 1 rings (SSSR count). The highest BCUT2D eigenvalue weighted by molar-refractivity contribution is 8.09. The molecule has 0 atom stereocenters. The molecule has 1 aromatic rings. The number of hydrogen-bond donors (Lipinski definition) is 1. The molecule has 1 N–H and O–H groups in total. The normalized spacial score (nSPS) is 13.8. The first-order chi connectivity index (χ1) is 12.5. The Bertz CT molecular complexity index is 861. The van der Waals surface area contributed by atoms with Gasteiger partial charge in [-0.3, -0.25) is 0 Å². The van der Waals surface area contributed by atoms with Crippen molar-refractivity contribution >= 4 is 25.4 Å². The van der Waals surface area contributed by atoms with Crippen molar-refractivity contribution < 1.29 is 48.3 Å². The van der Waals surface area contributed by atoms with Crippen LogP contribution in [0.3, 0.4) is 0 Å². The van der Waals surface area contributed by atoms with Crippen LogP contribution in [-0.4, -0.2) is 50.6 Å². The molecule has 0 aliphatic heterocycles. The highest BCUT2D eigenvalue weighted by atomic mass is 32.3. The molecule has 28 heavy (non-hydrogen) atoms. The summed E-state index contributed by atoms with van der Waals surface area (Å²) in [7, 11) is -13.5. The molecule has 0 saturated heterocycles. The minimum absolute atomic E-state index is 0.361. The molecule has 14 heteroatoms. The van der Waals surface area contributed by atoms with Crippen LogP contribution in [0.1, 0.15) is 19.4 Å². The molecule has 162 valence electrons. The summed E-state index contributed by atoms with van der Waals surface area (Å²) in [6, 6.07) is 3.10. The second-order valence-electron chi connectivity index (χ2n) is 5.60. The topological polar surface area (TPSA) is 91.8 Å². The number of rotatable bonds is 7. The fourth-order valence-corrected chi connectivity index (χ4v) is 5.76. The molecule has 0 aliphatic rings. The molecular weight excluding hydrogens is 440 g/mol. The number of alkyl halides is 6. The SMILES string of the molecule is CCN(CC)c1ccc(CC(S(=O)(=O)C(F)(F)F)S(=O)(=O)C(F)(F)F)c(O)c1. The van der Waals surface area contributed by atoms with E-state index in [-0.39, 0.29) is 0 Å². The maximum Gasteiger partial charge on any atom is 0.498 e. The molecule has 1 aromatic carbocycles. The summed E-state index contributed by atoms with van der Waals surface area (Å²) in [6.07, 6.45) is -1.73. The van der Waals surface area contributed by atoms with Crippen molar-refractivity contribution in [2.45, 2.75) is 35.9 Å². The number of halogens is 6. The molecule has 0 aromatic heterocycles. The van der Waals surface area contributed by atoms with Crippen LogP contribution >= 0.6 is 0 Å². The van der Waals surface area contributed by atoms with E-state index >= 15 is 0 Å². The van der Waals surface area contributed by atoms with Gasteiger partial charge in [-0.15, -0.1) is 0 Å². The van der Waals surface area contributed by atoms with E-state index in [1.54, 1.807) is 18.7 Å². The van der Waals surface area contributed by atoms with Gasteiger partial charge in [0.1, 0.15) is 5.75 Å². The van der Waals surface area contributed by atoms with Gasteiger partial charge in [0.05, 0.1) is 0 Å². The molecule has 0 amide bonds. The van der Waals surface area contributed by atoms with Crippen LogP contribution in [0.25, 0.3) is 0 Å². The minimum Gasteiger partial charge on any atom is -0.508 e. The summed E-state index contributed by atoms with van der Waals surface area (Å²) in [4.78, 5) is 1.68. The summed E-state index contributed by atoms with van der Waals surface area (Å²) in [6.45, 7) is 4.41. The van der Waals surface area contributed by atoms with Crippen LogP contribution in [0.2, 0.25) is 0 Å². The van der Waals surface area contributed by atoms with E-state index in [4.69, 9.17) is 0 Å². The van der Waals surface area contributed by atoms with E-state index in [0.717, 1.165) is 12.1 Å². The third-order valence-corrected chi connectivity index (χ3v) is 8.45. The molecule has 0 aliphatic carbocycles. The maximum absolute atomic E-state index is 12.8. The molecule has 0 unspecified atom stereocenters. The van der Waals surface area contributed by atoms with Gasteiger partial charge in [-0.1, -0.05) is 6.07 Å². The van der Waals surface area contributed by atoms with E-state index in [9.17, 15) is 48.3 Å². The van der Waals surface area contributed by atoms with Crippen molar-refractivity contribution in [3.63, 3.8) is 0 Å². The second-order valence-corrected chi connectivity index (χ2v) is 10.1. The van der Waals surface area contributed by atoms with Crippen molar-refractivity contribution in [2.75, 3.05) is 18.0 Å². The number of anilines is 1. The van der Waals surface area contributed by atoms with E-state index in [1.807, 2.05) is 0 Å². The first kappa shape index (κ1) is 24.3. The molecule has 0 heterocycles. The number of phenols is 1. The number of aromatic hydroxyl groups is 1. The molecule has 0 bridgehead atoms. The molecule has 0 fully saturated rings. The molecule has 0 saturated carbocycles. The monoisotopic (exact) mass is 457 g/mol. The van der Waals surface area contributed by atoms with Gasteiger partial charge in [-0.2, -0.15) is 26.3 Å². The van der Waals surface area contributed by atoms with Crippen molar-refractivity contribution in [1.82, 2.24) is 0 Å². The zero-order valence-corrected chi connectivity index (χ0v) is 16.2. The Balaban J connectivity index is 3.53. The van der Waals surface area contributed by atoms with Gasteiger partial charge in [-0.25, -0.2) is 16.8 Å². The van der Waals surface area contributed by atoms with Crippen molar-refractivity contribution in [3.8, 4) is 5.75 Å². The molecular formula is C14H17F6NO5S2. The molecule has 0 spiro atoms. The van der Waals surface area contributed by atoms with Gasteiger partial charge in [0.2, 0.25) is 0 Å². The van der Waals surface area contributed by atoms with E-state index in [2.05, 4.69) is 0 Å². The fourth-order valence-electron chi connectivity index (χ4n) is 2.37. The number of sulfone groups is 2. The lowest BCUT2D eigenvalue weighted by Gasteiger charge is -2.23. The van der Waals surface area contributed by atoms with Crippen LogP contribution in [0.15, 0.2) is 18.2 Å². The Morgan fingerprint density at radius 1 is 0.929 bits per heavy atom. The average Bonchev–Trinajstić information content (AvgIpc) is 2.52. The lowest BCUT2D eigenvalue weighted by Crippen LogP contribution is -2.46. The second kappa shape index (κ2) is 7.97. The average molecular weight is 457 g/mol. The summed E-state index contributed by atoms with van der Waals surface area (Å²) in [5.41, 5.74) is -12.8. The van der Waals surface area contributed by atoms with Gasteiger partial charge in [-0.05, 0) is 25.5 Å². The fraction of sp³-hybridized carbons (Fsp3) is 0.571. The maximum atomic E-state index is 12.8. The predicted octanol–water partition coefficient (Wildman–Crippen LogP) is 2.98. The lowest BCUT2D eigenvalue weighted by atomic mass is 10.1. The van der Waals surface area contributed by atoms with Gasteiger partial charge in [0.15, 0.2) is 4.58 Å². The summed E-state index contributed by atoms with van der Waals surface area (Å²) in [5, 5.41) is 9.94. The number of phenolic OH excluding ortho intramolecular Hbond substituents is 1. The van der Waals surface area contributed by atoms with Crippen molar-refractivity contribution in [2.24, 2.45) is 0 Å². The molecule has 6 nitrogen and oxygen atoms in total. The summed E-state index contributed by atoms with van der Waals surface area (Å²) < 4.78 is 119. The number of nitrogens with zero attached hydrogens (tertiary/aromatic N) is 1. The highest BCUT2D eigenvalue weighted by Gasteiger charge is 2.62. The van der Waals surface area contributed by atoms with E-state index in [0.29, 0.717) is 18.8 Å². The largest absolute Gasteiger partial charge is 0.508 e. The van der Waals surface area contributed by atoms with Gasteiger partial charge < -0.3 is 10.0 Å². The lowest BCUT2D eigenvalue weighted by molar-refractivity contribution is -0.0471. The predicted molar refractivity (Wildman–Crippen MR) is 89.1 cm³/mol. The van der Waals surface area contributed by atoms with E-state index < -0.39 is 53.0 Å². The van der Waals surface area contributed by atoms with Crippen LogP contribution in [0.4, 0.5) is 32.0 Å². The van der Waals surface area contributed by atoms with Crippen molar-refractivity contribution in [1.29, 1.82) is 0 Å². The Hall–Kier alpha value is -1.70. The molecule has 0 radical (unpaired) electrons. The quantitative estimate of drug-likeness (QED) is 0.633. The highest BCUT2D eigenvalue weighted by Crippen LogP contribution is 2.39. The third kappa shape index (κ3) is 4.64. The van der Waals surface area contributed by atoms with Gasteiger partial charge in [0, 0.05) is 31.3 Å². The van der Waals surface area contributed by atoms with Crippen LogP contribution in [-0.2, 0) is 26.1 Å². The number of benzene rings is 1.